The van der Waals surface area contributed by atoms with Crippen LogP contribution in [0.4, 0.5) is 0 Å². The van der Waals surface area contributed by atoms with Crippen molar-refractivity contribution in [2.24, 2.45) is 0 Å². The molecule has 0 bridgehead atoms. The molecule has 0 fully saturated rings. The minimum Gasteiger partial charge on any atom is -0.462 e. The van der Waals surface area contributed by atoms with E-state index >= 15 is 0 Å². The Bertz CT molecular complexity index is 1190. The highest BCUT2D eigenvalue weighted by atomic mass is 16.6. The summed E-state index contributed by atoms with van der Waals surface area (Å²) in [5.41, 5.74) is 0. The van der Waals surface area contributed by atoms with Crippen LogP contribution in [0.3, 0.4) is 0 Å². The van der Waals surface area contributed by atoms with Crippen LogP contribution in [0.5, 0.6) is 0 Å². The number of carbonyl (C=O) groups excluding carboxylic acids is 3. The third kappa shape index (κ3) is 45.7. The maximum absolute atomic E-state index is 12.8. The number of unbranched alkanes of at least 4 members (excludes halogenated alkanes) is 20. The van der Waals surface area contributed by atoms with Crippen molar-refractivity contribution >= 4 is 17.9 Å². The van der Waals surface area contributed by atoms with Crippen LogP contribution < -0.4 is 0 Å². The summed E-state index contributed by atoms with van der Waals surface area (Å²) in [4.78, 5) is 37.9. The quantitative estimate of drug-likeness (QED) is 0.0200. The Morgan fingerprint density at radius 3 is 1.22 bits per heavy atom. The minimum atomic E-state index is -0.797. The molecular formula is C54H90O6. The first-order valence-electron chi connectivity index (χ1n) is 24.6. The van der Waals surface area contributed by atoms with Crippen molar-refractivity contribution in [1.29, 1.82) is 0 Å². The summed E-state index contributed by atoms with van der Waals surface area (Å²) in [6, 6.07) is 0. The molecule has 0 amide bonds. The molecule has 0 N–H and O–H groups in total. The van der Waals surface area contributed by atoms with Crippen LogP contribution in [-0.2, 0) is 28.6 Å². The van der Waals surface area contributed by atoms with Gasteiger partial charge < -0.3 is 14.2 Å². The number of ether oxygens (including phenoxy) is 3. The average molecular weight is 835 g/mol. The third-order valence-electron chi connectivity index (χ3n) is 10.2. The van der Waals surface area contributed by atoms with Gasteiger partial charge in [-0.1, -0.05) is 189 Å². The summed E-state index contributed by atoms with van der Waals surface area (Å²) >= 11 is 0. The molecule has 0 saturated heterocycles. The third-order valence-corrected chi connectivity index (χ3v) is 10.2. The van der Waals surface area contributed by atoms with Crippen molar-refractivity contribution in [3.05, 3.63) is 85.1 Å². The Labute approximate surface area is 369 Å². The van der Waals surface area contributed by atoms with Gasteiger partial charge in [-0.3, -0.25) is 14.4 Å². The van der Waals surface area contributed by atoms with Crippen molar-refractivity contribution < 1.29 is 28.6 Å². The zero-order valence-electron chi connectivity index (χ0n) is 38.9. The highest BCUT2D eigenvalue weighted by Gasteiger charge is 2.19. The number of rotatable bonds is 43. The second-order valence-electron chi connectivity index (χ2n) is 16.0. The Morgan fingerprint density at radius 1 is 0.367 bits per heavy atom. The zero-order chi connectivity index (χ0) is 43.7. The van der Waals surface area contributed by atoms with Gasteiger partial charge >= 0.3 is 17.9 Å². The Morgan fingerprint density at radius 2 is 0.733 bits per heavy atom. The van der Waals surface area contributed by atoms with Crippen LogP contribution in [0.1, 0.15) is 220 Å². The van der Waals surface area contributed by atoms with Crippen molar-refractivity contribution in [2.45, 2.75) is 226 Å². The molecule has 0 aromatic rings. The molecule has 0 aromatic heterocycles. The van der Waals surface area contributed by atoms with Gasteiger partial charge in [0.15, 0.2) is 6.10 Å². The van der Waals surface area contributed by atoms with E-state index in [2.05, 4.69) is 106 Å². The van der Waals surface area contributed by atoms with Crippen molar-refractivity contribution in [1.82, 2.24) is 0 Å². The van der Waals surface area contributed by atoms with Gasteiger partial charge in [0.05, 0.1) is 0 Å². The molecule has 6 heteroatoms. The molecule has 6 nitrogen and oxygen atoms in total. The Balaban J connectivity index is 4.46. The molecule has 0 rings (SSSR count). The average Bonchev–Trinajstić information content (AvgIpc) is 3.24. The molecule has 0 heterocycles. The first-order valence-corrected chi connectivity index (χ1v) is 24.6. The lowest BCUT2D eigenvalue weighted by atomic mass is 10.1. The maximum Gasteiger partial charge on any atom is 0.306 e. The van der Waals surface area contributed by atoms with Gasteiger partial charge in [-0.25, -0.2) is 0 Å². The summed E-state index contributed by atoms with van der Waals surface area (Å²) in [5.74, 6) is -0.947. The smallest absolute Gasteiger partial charge is 0.306 e. The molecule has 0 radical (unpaired) electrons. The van der Waals surface area contributed by atoms with Crippen molar-refractivity contribution in [2.75, 3.05) is 13.2 Å². The van der Waals surface area contributed by atoms with Gasteiger partial charge in [0.1, 0.15) is 13.2 Å². The molecule has 0 spiro atoms. The Kier molecular flexibility index (Phi) is 45.5. The normalized spacial score (nSPS) is 12.8. The fourth-order valence-electron chi connectivity index (χ4n) is 6.51. The molecule has 342 valence electrons. The van der Waals surface area contributed by atoms with Crippen LogP contribution in [0, 0.1) is 0 Å². The largest absolute Gasteiger partial charge is 0.462 e. The number of hydrogen-bond acceptors (Lipinski definition) is 6. The minimum absolute atomic E-state index is 0.0956. The fraction of sp³-hybridized carbons (Fsp3) is 0.685. The lowest BCUT2D eigenvalue weighted by Crippen LogP contribution is -2.30. The topological polar surface area (TPSA) is 78.9 Å². The molecule has 0 aliphatic heterocycles. The van der Waals surface area contributed by atoms with Crippen molar-refractivity contribution in [3.63, 3.8) is 0 Å². The van der Waals surface area contributed by atoms with E-state index in [4.69, 9.17) is 14.2 Å². The summed E-state index contributed by atoms with van der Waals surface area (Å²) in [6.07, 6.45) is 61.3. The number of carbonyl (C=O) groups is 3. The van der Waals surface area contributed by atoms with Gasteiger partial charge in [-0.15, -0.1) is 0 Å². The monoisotopic (exact) mass is 835 g/mol. The Hall–Kier alpha value is -3.41. The highest BCUT2D eigenvalue weighted by molar-refractivity contribution is 5.71. The van der Waals surface area contributed by atoms with E-state index in [9.17, 15) is 14.4 Å². The molecule has 60 heavy (non-hydrogen) atoms. The lowest BCUT2D eigenvalue weighted by Gasteiger charge is -2.18. The number of hydrogen-bond donors (Lipinski definition) is 0. The van der Waals surface area contributed by atoms with E-state index in [0.717, 1.165) is 116 Å². The van der Waals surface area contributed by atoms with Crippen LogP contribution in [0.25, 0.3) is 0 Å². The second-order valence-corrected chi connectivity index (χ2v) is 16.0. The van der Waals surface area contributed by atoms with E-state index in [1.54, 1.807) is 0 Å². The van der Waals surface area contributed by atoms with Gasteiger partial charge in [-0.2, -0.15) is 0 Å². The molecule has 1 atom stereocenters. The van der Waals surface area contributed by atoms with Gasteiger partial charge in [-0.05, 0) is 96.3 Å². The van der Waals surface area contributed by atoms with Crippen LogP contribution in [-0.4, -0.2) is 37.2 Å². The van der Waals surface area contributed by atoms with E-state index in [-0.39, 0.29) is 31.1 Å². The fourth-order valence-corrected chi connectivity index (χ4v) is 6.51. The number of allylic oxidation sites excluding steroid dienone is 14. The first-order chi connectivity index (χ1) is 29.5. The highest BCUT2D eigenvalue weighted by Crippen LogP contribution is 2.13. The van der Waals surface area contributed by atoms with Crippen LogP contribution in [0.2, 0.25) is 0 Å². The molecule has 0 aromatic carbocycles. The summed E-state index contributed by atoms with van der Waals surface area (Å²) < 4.78 is 16.7. The van der Waals surface area contributed by atoms with Crippen LogP contribution >= 0.6 is 0 Å². The second kappa shape index (κ2) is 48.3. The molecular weight excluding hydrogens is 745 g/mol. The van der Waals surface area contributed by atoms with E-state index < -0.39 is 6.10 Å². The summed E-state index contributed by atoms with van der Waals surface area (Å²) in [6.45, 7) is 6.33. The zero-order valence-corrected chi connectivity index (χ0v) is 38.9. The number of esters is 3. The maximum atomic E-state index is 12.8. The van der Waals surface area contributed by atoms with Gasteiger partial charge in [0, 0.05) is 19.3 Å². The summed E-state index contributed by atoms with van der Waals surface area (Å²) in [5, 5.41) is 0. The van der Waals surface area contributed by atoms with E-state index in [0.29, 0.717) is 19.3 Å². The lowest BCUT2D eigenvalue weighted by molar-refractivity contribution is -0.167. The standard InChI is InChI=1S/C54H90O6/c1-4-7-10-13-16-19-22-25-27-30-32-35-38-41-44-47-53(56)59-50-51(49-58-52(55)46-43-40-37-34-31-28-24-21-18-15-12-9-6-3)60-54(57)48-45-42-39-36-33-29-26-23-20-17-14-11-8-5-2/h8-9,11-12,15,17-22,24,26,29,51H,4-7,10,13-14,16,23,25,27-28,30-50H2,1-3H3/b11-8-,12-9-,18-15-,20-17-,22-19-,24-21-,29-26-. The summed E-state index contributed by atoms with van der Waals surface area (Å²) in [7, 11) is 0. The molecule has 0 aliphatic rings. The van der Waals surface area contributed by atoms with Gasteiger partial charge in [0.25, 0.3) is 0 Å². The van der Waals surface area contributed by atoms with E-state index in [1.807, 2.05) is 0 Å². The van der Waals surface area contributed by atoms with Gasteiger partial charge in [0.2, 0.25) is 0 Å². The molecule has 0 saturated carbocycles. The van der Waals surface area contributed by atoms with Crippen molar-refractivity contribution in [3.8, 4) is 0 Å². The SMILES string of the molecule is CC\C=C/C=C\C=C/CCCCCCCC(=O)OCC(COC(=O)CCCCCCCCC/C=C\CCCCCC)OC(=O)CCCCCC/C=C\C/C=C\C/C=C\CC. The van der Waals surface area contributed by atoms with E-state index in [1.165, 1.54) is 64.2 Å². The first kappa shape index (κ1) is 56.6. The molecule has 0 aliphatic carbocycles. The molecule has 1 unspecified atom stereocenters. The van der Waals surface area contributed by atoms with Crippen LogP contribution in [0.15, 0.2) is 85.1 Å². The predicted molar refractivity (Wildman–Crippen MR) is 256 cm³/mol. The predicted octanol–water partition coefficient (Wildman–Crippen LogP) is 16.0.